The van der Waals surface area contributed by atoms with Gasteiger partial charge in [0.2, 0.25) is 0 Å². The van der Waals surface area contributed by atoms with Crippen LogP contribution in [-0.2, 0) is 23.8 Å². The molecule has 0 amide bonds. The third-order valence-electron chi connectivity index (χ3n) is 8.31. The SMILES string of the molecule is C[C@H]1CC[C@@]23C(=O)O[C@@H](C[C@H]2[C@]12C[C@@H](c1ccoc1)OC2=O)[C@@H]1O[C@]13C. The maximum Gasteiger partial charge on any atom is 0.315 e. The van der Waals surface area contributed by atoms with Crippen LogP contribution in [0.2, 0.25) is 0 Å². The Labute approximate surface area is 151 Å². The van der Waals surface area contributed by atoms with Crippen molar-refractivity contribution in [1.29, 1.82) is 0 Å². The molecule has 0 unspecified atom stereocenters. The van der Waals surface area contributed by atoms with Gasteiger partial charge in [0.1, 0.15) is 29.3 Å². The normalized spacial score (nSPS) is 53.8. The van der Waals surface area contributed by atoms with Gasteiger partial charge in [-0.2, -0.15) is 0 Å². The van der Waals surface area contributed by atoms with Gasteiger partial charge >= 0.3 is 11.9 Å². The van der Waals surface area contributed by atoms with Crippen molar-refractivity contribution in [3.63, 3.8) is 0 Å². The van der Waals surface area contributed by atoms with Crippen LogP contribution in [0.15, 0.2) is 23.0 Å². The summed E-state index contributed by atoms with van der Waals surface area (Å²) in [6, 6.07) is 1.85. The van der Waals surface area contributed by atoms with Crippen molar-refractivity contribution in [2.45, 2.75) is 63.4 Å². The molecule has 4 saturated heterocycles. The third-order valence-corrected chi connectivity index (χ3v) is 8.31. The van der Waals surface area contributed by atoms with Gasteiger partial charge < -0.3 is 18.6 Å². The van der Waals surface area contributed by atoms with E-state index in [2.05, 4.69) is 6.92 Å². The number of cyclic esters (lactones) is 1. The van der Waals surface area contributed by atoms with E-state index in [-0.39, 0.29) is 42.1 Å². The van der Waals surface area contributed by atoms with Gasteiger partial charge in [0.15, 0.2) is 0 Å². The molecule has 0 radical (unpaired) electrons. The summed E-state index contributed by atoms with van der Waals surface area (Å²) < 4.78 is 22.8. The summed E-state index contributed by atoms with van der Waals surface area (Å²) in [6.45, 7) is 4.17. The van der Waals surface area contributed by atoms with Crippen LogP contribution in [0, 0.1) is 22.7 Å². The first-order valence-electron chi connectivity index (χ1n) is 9.55. The largest absolute Gasteiger partial charge is 0.472 e. The summed E-state index contributed by atoms with van der Waals surface area (Å²) >= 11 is 0. The first-order valence-corrected chi connectivity index (χ1v) is 9.55. The van der Waals surface area contributed by atoms with E-state index < -0.39 is 16.4 Å². The molecule has 2 aliphatic carbocycles. The van der Waals surface area contributed by atoms with E-state index in [1.807, 2.05) is 13.0 Å². The number of rotatable bonds is 1. The number of esters is 2. The van der Waals surface area contributed by atoms with Crippen LogP contribution < -0.4 is 0 Å². The molecule has 5 heterocycles. The molecule has 4 aliphatic heterocycles. The van der Waals surface area contributed by atoms with E-state index in [0.29, 0.717) is 12.8 Å². The topological polar surface area (TPSA) is 78.3 Å². The lowest BCUT2D eigenvalue weighted by Gasteiger charge is -2.60. The van der Waals surface area contributed by atoms with Crippen molar-refractivity contribution in [2.24, 2.45) is 22.7 Å². The Morgan fingerprint density at radius 2 is 2.04 bits per heavy atom. The van der Waals surface area contributed by atoms with Crippen molar-refractivity contribution >= 4 is 11.9 Å². The number of carbonyl (C=O) groups excluding carboxylic acids is 2. The molecule has 138 valence electrons. The van der Waals surface area contributed by atoms with Gasteiger partial charge in [0, 0.05) is 12.0 Å². The number of furan rings is 1. The first-order chi connectivity index (χ1) is 12.4. The second-order valence-electron chi connectivity index (χ2n) is 8.98. The summed E-state index contributed by atoms with van der Waals surface area (Å²) in [6.07, 6.45) is 5.51. The summed E-state index contributed by atoms with van der Waals surface area (Å²) in [4.78, 5) is 26.3. The summed E-state index contributed by atoms with van der Waals surface area (Å²) in [5.41, 5.74) is -0.977. The number of ether oxygens (including phenoxy) is 3. The Hall–Kier alpha value is -1.82. The minimum Gasteiger partial charge on any atom is -0.472 e. The van der Waals surface area contributed by atoms with Crippen molar-refractivity contribution in [1.82, 2.24) is 0 Å². The molecule has 6 nitrogen and oxygen atoms in total. The molecular weight excluding hydrogens is 336 g/mol. The molecule has 6 heteroatoms. The third kappa shape index (κ3) is 1.40. The van der Waals surface area contributed by atoms with Gasteiger partial charge in [-0.15, -0.1) is 0 Å². The highest BCUT2D eigenvalue weighted by Gasteiger charge is 2.85. The van der Waals surface area contributed by atoms with Crippen molar-refractivity contribution < 1.29 is 28.2 Å². The van der Waals surface area contributed by atoms with E-state index in [4.69, 9.17) is 18.6 Å². The molecule has 6 fully saturated rings. The van der Waals surface area contributed by atoms with E-state index in [1.54, 1.807) is 12.5 Å². The van der Waals surface area contributed by atoms with Gasteiger partial charge in [-0.3, -0.25) is 9.59 Å². The standard InChI is InChI=1S/C20H22O6/c1-10-3-5-20-14(7-12(24-17(20)22)15-18(20,2)26-15)19(10)8-13(25-16(19)21)11-4-6-23-9-11/h4,6,9-10,12-15H,3,5,7-8H2,1-2H3/t10-,12-,13-,14-,15-,18+,19-,20-/m0/s1. The van der Waals surface area contributed by atoms with Crippen LogP contribution in [-0.4, -0.2) is 29.7 Å². The molecule has 6 aliphatic rings. The van der Waals surface area contributed by atoms with Gasteiger partial charge in [-0.25, -0.2) is 0 Å². The van der Waals surface area contributed by atoms with Crippen LogP contribution in [0.5, 0.6) is 0 Å². The Kier molecular flexibility index (Phi) is 2.55. The average Bonchev–Trinajstić information content (AvgIpc) is 2.96. The summed E-state index contributed by atoms with van der Waals surface area (Å²) in [5, 5.41) is 0. The van der Waals surface area contributed by atoms with Crippen molar-refractivity contribution in [3.05, 3.63) is 24.2 Å². The number of epoxide rings is 1. The van der Waals surface area contributed by atoms with Crippen molar-refractivity contribution in [2.75, 3.05) is 0 Å². The number of hydrogen-bond donors (Lipinski definition) is 0. The van der Waals surface area contributed by atoms with Crippen LogP contribution in [0.4, 0.5) is 0 Å². The molecule has 2 bridgehead atoms. The Morgan fingerprint density at radius 3 is 2.81 bits per heavy atom. The Bertz CT molecular complexity index is 816. The average molecular weight is 358 g/mol. The molecule has 1 aromatic rings. The zero-order chi connectivity index (χ0) is 17.9. The van der Waals surface area contributed by atoms with Crippen LogP contribution in [0.1, 0.15) is 51.2 Å². The molecule has 0 aromatic carbocycles. The molecule has 1 aromatic heterocycles. The quantitative estimate of drug-likeness (QED) is 0.567. The summed E-state index contributed by atoms with van der Waals surface area (Å²) in [5.74, 6) is -0.254. The van der Waals surface area contributed by atoms with E-state index in [0.717, 1.165) is 18.4 Å². The van der Waals surface area contributed by atoms with Crippen LogP contribution in [0.25, 0.3) is 0 Å². The van der Waals surface area contributed by atoms with E-state index >= 15 is 0 Å². The highest BCUT2D eigenvalue weighted by molar-refractivity contribution is 5.87. The van der Waals surface area contributed by atoms with Gasteiger partial charge in [-0.1, -0.05) is 6.92 Å². The lowest BCUT2D eigenvalue weighted by molar-refractivity contribution is -0.219. The highest BCUT2D eigenvalue weighted by Crippen LogP contribution is 2.75. The lowest BCUT2D eigenvalue weighted by Crippen LogP contribution is -2.69. The number of carbonyl (C=O) groups is 2. The molecular formula is C20H22O6. The lowest BCUT2D eigenvalue weighted by atomic mass is 9.42. The number of hydrogen-bond acceptors (Lipinski definition) is 6. The molecule has 2 saturated carbocycles. The van der Waals surface area contributed by atoms with Crippen molar-refractivity contribution in [3.8, 4) is 0 Å². The highest BCUT2D eigenvalue weighted by atomic mass is 16.7. The van der Waals surface area contributed by atoms with Crippen LogP contribution >= 0.6 is 0 Å². The molecule has 26 heavy (non-hydrogen) atoms. The van der Waals surface area contributed by atoms with Gasteiger partial charge in [0.05, 0.1) is 17.9 Å². The monoisotopic (exact) mass is 358 g/mol. The fourth-order valence-electron chi connectivity index (χ4n) is 6.84. The predicted octanol–water partition coefficient (Wildman–Crippen LogP) is 2.77. The maximum atomic E-state index is 13.3. The first kappa shape index (κ1) is 15.3. The fourth-order valence-corrected chi connectivity index (χ4v) is 6.84. The minimum absolute atomic E-state index is 0.0102. The van der Waals surface area contributed by atoms with Gasteiger partial charge in [-0.05, 0) is 44.1 Å². The number of fused-ring (bicyclic) bond motifs is 1. The predicted molar refractivity (Wildman–Crippen MR) is 86.7 cm³/mol. The van der Waals surface area contributed by atoms with E-state index in [9.17, 15) is 9.59 Å². The molecule has 0 N–H and O–H groups in total. The zero-order valence-electron chi connectivity index (χ0n) is 14.9. The second kappa shape index (κ2) is 4.35. The summed E-state index contributed by atoms with van der Waals surface area (Å²) in [7, 11) is 0. The zero-order valence-corrected chi connectivity index (χ0v) is 14.9. The minimum atomic E-state index is -0.719. The van der Waals surface area contributed by atoms with Crippen LogP contribution in [0.3, 0.4) is 0 Å². The smallest absolute Gasteiger partial charge is 0.315 e. The fraction of sp³-hybridized carbons (Fsp3) is 0.700. The Morgan fingerprint density at radius 1 is 1.19 bits per heavy atom. The van der Waals surface area contributed by atoms with Gasteiger partial charge in [0.25, 0.3) is 0 Å². The Balaban J connectivity index is 1.48. The molecule has 7 rings (SSSR count). The molecule has 2 spiro atoms. The van der Waals surface area contributed by atoms with E-state index in [1.165, 1.54) is 0 Å². The maximum absolute atomic E-state index is 13.3. The second-order valence-corrected chi connectivity index (χ2v) is 8.98. The molecule has 8 atom stereocenters.